The van der Waals surface area contributed by atoms with Crippen molar-refractivity contribution in [2.45, 2.75) is 39.2 Å². The van der Waals surface area contributed by atoms with E-state index in [2.05, 4.69) is 30.8 Å². The third-order valence-corrected chi connectivity index (χ3v) is 3.65. The van der Waals surface area contributed by atoms with Crippen LogP contribution >= 0.6 is 0 Å². The minimum atomic E-state index is 0.715. The van der Waals surface area contributed by atoms with Crippen molar-refractivity contribution >= 4 is 5.57 Å². The van der Waals surface area contributed by atoms with Gasteiger partial charge in [0.05, 0.1) is 6.61 Å². The summed E-state index contributed by atoms with van der Waals surface area (Å²) in [6, 6.07) is 8.69. The molecule has 1 saturated carbocycles. The summed E-state index contributed by atoms with van der Waals surface area (Å²) in [6.45, 7) is 7.78. The number of benzene rings is 1. The van der Waals surface area contributed by atoms with Crippen molar-refractivity contribution in [3.05, 3.63) is 42.0 Å². The van der Waals surface area contributed by atoms with Crippen LogP contribution in [0.3, 0.4) is 0 Å². The molecule has 1 aliphatic rings. The maximum absolute atomic E-state index is 5.40. The molecule has 0 atom stereocenters. The third-order valence-electron chi connectivity index (χ3n) is 3.65. The molecule has 1 aromatic rings. The third kappa shape index (κ3) is 3.19. The smallest absolute Gasteiger partial charge is 0.0716 e. The molecule has 0 bridgehead atoms. The highest BCUT2D eigenvalue weighted by Gasteiger charge is 2.18. The van der Waals surface area contributed by atoms with Gasteiger partial charge in [0.1, 0.15) is 0 Å². The summed E-state index contributed by atoms with van der Waals surface area (Å²) in [5.74, 6) is 0.716. The Morgan fingerprint density at radius 1 is 1.24 bits per heavy atom. The first kappa shape index (κ1) is 12.4. The molecule has 0 saturated heterocycles. The van der Waals surface area contributed by atoms with Gasteiger partial charge in [0, 0.05) is 6.61 Å². The zero-order valence-corrected chi connectivity index (χ0v) is 10.7. The highest BCUT2D eigenvalue weighted by molar-refractivity contribution is 5.65. The summed E-state index contributed by atoms with van der Waals surface area (Å²) in [7, 11) is 0. The first-order valence-corrected chi connectivity index (χ1v) is 6.67. The van der Waals surface area contributed by atoms with Crippen molar-refractivity contribution in [2.75, 3.05) is 6.61 Å². The van der Waals surface area contributed by atoms with Crippen molar-refractivity contribution in [1.29, 1.82) is 0 Å². The maximum atomic E-state index is 5.40. The van der Waals surface area contributed by atoms with Gasteiger partial charge in [-0.3, -0.25) is 0 Å². The van der Waals surface area contributed by atoms with E-state index in [0.717, 1.165) is 6.61 Å². The van der Waals surface area contributed by atoms with Gasteiger partial charge in [-0.05, 0) is 42.4 Å². The predicted molar refractivity (Wildman–Crippen MR) is 72.8 cm³/mol. The molecule has 0 spiro atoms. The van der Waals surface area contributed by atoms with Crippen LogP contribution in [0, 0.1) is 5.92 Å². The molecule has 0 aromatic heterocycles. The first-order chi connectivity index (χ1) is 8.31. The van der Waals surface area contributed by atoms with Gasteiger partial charge in [0.2, 0.25) is 0 Å². The van der Waals surface area contributed by atoms with Crippen LogP contribution in [0.1, 0.15) is 43.7 Å². The summed E-state index contributed by atoms with van der Waals surface area (Å²) in [4.78, 5) is 0. The lowest BCUT2D eigenvalue weighted by Gasteiger charge is -2.13. The Morgan fingerprint density at radius 3 is 2.47 bits per heavy atom. The topological polar surface area (TPSA) is 9.23 Å². The van der Waals surface area contributed by atoms with Crippen molar-refractivity contribution in [3.63, 3.8) is 0 Å². The molecular weight excluding hydrogens is 208 g/mol. The van der Waals surface area contributed by atoms with Crippen molar-refractivity contribution in [1.82, 2.24) is 0 Å². The van der Waals surface area contributed by atoms with Crippen LogP contribution in [-0.2, 0) is 11.3 Å². The molecule has 1 heteroatoms. The van der Waals surface area contributed by atoms with Crippen molar-refractivity contribution in [2.24, 2.45) is 5.92 Å². The normalized spacial score (nSPS) is 16.3. The van der Waals surface area contributed by atoms with E-state index in [1.165, 1.54) is 42.4 Å². The SMILES string of the molecule is C=C(c1ccc(COCC)cc1)C1CCCC1. The zero-order chi connectivity index (χ0) is 12.1. The molecule has 0 amide bonds. The molecule has 92 valence electrons. The highest BCUT2D eigenvalue weighted by Crippen LogP contribution is 2.35. The minimum absolute atomic E-state index is 0.715. The van der Waals surface area contributed by atoms with E-state index in [9.17, 15) is 0 Å². The lowest BCUT2D eigenvalue weighted by molar-refractivity contribution is 0.134. The van der Waals surface area contributed by atoms with E-state index in [1.807, 2.05) is 6.92 Å². The Bertz CT molecular complexity index is 358. The van der Waals surface area contributed by atoms with Crippen LogP contribution in [-0.4, -0.2) is 6.61 Å². The van der Waals surface area contributed by atoms with Gasteiger partial charge < -0.3 is 4.74 Å². The second-order valence-electron chi connectivity index (χ2n) is 4.84. The lowest BCUT2D eigenvalue weighted by Crippen LogP contribution is -1.97. The molecule has 1 fully saturated rings. The fourth-order valence-corrected chi connectivity index (χ4v) is 2.54. The van der Waals surface area contributed by atoms with Crippen LogP contribution in [0.15, 0.2) is 30.8 Å². The number of rotatable bonds is 5. The largest absolute Gasteiger partial charge is 0.377 e. The molecule has 1 nitrogen and oxygen atoms in total. The molecular formula is C16H22O. The van der Waals surface area contributed by atoms with E-state index in [4.69, 9.17) is 4.74 Å². The number of allylic oxidation sites excluding steroid dienone is 1. The van der Waals surface area contributed by atoms with Crippen molar-refractivity contribution < 1.29 is 4.74 Å². The molecule has 0 radical (unpaired) electrons. The van der Waals surface area contributed by atoms with E-state index >= 15 is 0 Å². The van der Waals surface area contributed by atoms with Crippen LogP contribution in [0.5, 0.6) is 0 Å². The van der Waals surface area contributed by atoms with Crippen LogP contribution in [0.25, 0.3) is 5.57 Å². The van der Waals surface area contributed by atoms with E-state index < -0.39 is 0 Å². The summed E-state index contributed by atoms with van der Waals surface area (Å²) < 4.78 is 5.40. The first-order valence-electron chi connectivity index (χ1n) is 6.67. The molecule has 1 aromatic carbocycles. The van der Waals surface area contributed by atoms with Crippen LogP contribution in [0.4, 0.5) is 0 Å². The molecule has 0 N–H and O–H groups in total. The van der Waals surface area contributed by atoms with Gasteiger partial charge in [-0.1, -0.05) is 43.7 Å². The Labute approximate surface area is 104 Å². The average Bonchev–Trinajstić information content (AvgIpc) is 2.90. The second-order valence-corrected chi connectivity index (χ2v) is 4.84. The summed E-state index contributed by atoms with van der Waals surface area (Å²) in [5, 5.41) is 0. The van der Waals surface area contributed by atoms with Crippen LogP contribution in [0.2, 0.25) is 0 Å². The molecule has 17 heavy (non-hydrogen) atoms. The fraction of sp³-hybridized carbons (Fsp3) is 0.500. The second kappa shape index (κ2) is 6.02. The number of hydrogen-bond acceptors (Lipinski definition) is 1. The maximum Gasteiger partial charge on any atom is 0.0716 e. The number of ether oxygens (including phenoxy) is 1. The van der Waals surface area contributed by atoms with Gasteiger partial charge in [0.25, 0.3) is 0 Å². The van der Waals surface area contributed by atoms with Gasteiger partial charge >= 0.3 is 0 Å². The van der Waals surface area contributed by atoms with Gasteiger partial charge in [0.15, 0.2) is 0 Å². The van der Waals surface area contributed by atoms with E-state index in [0.29, 0.717) is 12.5 Å². The van der Waals surface area contributed by atoms with E-state index in [-0.39, 0.29) is 0 Å². The standard InChI is InChI=1S/C16H22O/c1-3-17-12-14-8-10-16(11-9-14)13(2)15-6-4-5-7-15/h8-11,15H,2-7,12H2,1H3. The van der Waals surface area contributed by atoms with Crippen molar-refractivity contribution in [3.8, 4) is 0 Å². The summed E-state index contributed by atoms with van der Waals surface area (Å²) >= 11 is 0. The summed E-state index contributed by atoms with van der Waals surface area (Å²) in [5.41, 5.74) is 3.87. The van der Waals surface area contributed by atoms with Crippen LogP contribution < -0.4 is 0 Å². The molecule has 1 aliphatic carbocycles. The average molecular weight is 230 g/mol. The minimum Gasteiger partial charge on any atom is -0.377 e. The van der Waals surface area contributed by atoms with Gasteiger partial charge in [-0.25, -0.2) is 0 Å². The quantitative estimate of drug-likeness (QED) is 0.727. The predicted octanol–water partition coefficient (Wildman–Crippen LogP) is 4.43. The Hall–Kier alpha value is -1.08. The lowest BCUT2D eigenvalue weighted by atomic mass is 9.92. The Kier molecular flexibility index (Phi) is 4.38. The summed E-state index contributed by atoms with van der Waals surface area (Å²) in [6.07, 6.45) is 5.37. The van der Waals surface area contributed by atoms with Gasteiger partial charge in [-0.15, -0.1) is 0 Å². The molecule has 0 unspecified atom stereocenters. The number of hydrogen-bond donors (Lipinski definition) is 0. The Morgan fingerprint density at radius 2 is 1.88 bits per heavy atom. The zero-order valence-electron chi connectivity index (χ0n) is 10.7. The highest BCUT2D eigenvalue weighted by atomic mass is 16.5. The molecule has 2 rings (SSSR count). The monoisotopic (exact) mass is 230 g/mol. The fourth-order valence-electron chi connectivity index (χ4n) is 2.54. The van der Waals surface area contributed by atoms with E-state index in [1.54, 1.807) is 0 Å². The van der Waals surface area contributed by atoms with Gasteiger partial charge in [-0.2, -0.15) is 0 Å². The molecule has 0 aliphatic heterocycles. The molecule has 0 heterocycles. The Balaban J connectivity index is 1.99.